The molecule has 5 nitrogen and oxygen atoms in total. The van der Waals surface area contributed by atoms with Gasteiger partial charge in [-0.25, -0.2) is 0 Å². The highest BCUT2D eigenvalue weighted by molar-refractivity contribution is 5.80. The average Bonchev–Trinajstić information content (AvgIpc) is 2.53. The van der Waals surface area contributed by atoms with Crippen LogP contribution in [0.2, 0.25) is 0 Å². The van der Waals surface area contributed by atoms with Crippen molar-refractivity contribution in [1.29, 1.82) is 0 Å². The molecule has 5 heteroatoms. The van der Waals surface area contributed by atoms with Crippen molar-refractivity contribution in [2.24, 2.45) is 5.92 Å². The van der Waals surface area contributed by atoms with Crippen LogP contribution in [0.15, 0.2) is 30.3 Å². The topological polar surface area (TPSA) is 61.8 Å². The normalized spacial score (nSPS) is 27.5. The third-order valence-corrected chi connectivity index (χ3v) is 5.15. The number of amides is 1. The number of hydrogen-bond donors (Lipinski definition) is 2. The lowest BCUT2D eigenvalue weighted by molar-refractivity contribution is -0.283. The Balaban J connectivity index is 2.20. The van der Waals surface area contributed by atoms with E-state index in [1.54, 1.807) is 7.11 Å². The monoisotopic (exact) mass is 334 g/mol. The maximum absolute atomic E-state index is 12.9. The van der Waals surface area contributed by atoms with E-state index in [2.05, 4.69) is 5.32 Å². The number of carbonyl (C=O) groups is 1. The van der Waals surface area contributed by atoms with Crippen molar-refractivity contribution in [3.05, 3.63) is 35.9 Å². The molecule has 0 saturated carbocycles. The molecule has 2 N–H and O–H groups in total. The van der Waals surface area contributed by atoms with E-state index in [0.717, 1.165) is 5.56 Å². The molecule has 1 amide bonds. The van der Waals surface area contributed by atoms with Crippen LogP contribution in [-0.2, 0) is 9.53 Å². The van der Waals surface area contributed by atoms with Crippen molar-refractivity contribution in [3.63, 3.8) is 0 Å². The zero-order valence-corrected chi connectivity index (χ0v) is 15.5. The van der Waals surface area contributed by atoms with E-state index in [4.69, 9.17) is 4.74 Å². The Morgan fingerprint density at radius 3 is 2.42 bits per heavy atom. The number of methoxy groups -OCH3 is 1. The van der Waals surface area contributed by atoms with Gasteiger partial charge in [-0.15, -0.1) is 0 Å². The molecule has 24 heavy (non-hydrogen) atoms. The van der Waals surface area contributed by atoms with E-state index < -0.39 is 17.2 Å². The summed E-state index contributed by atoms with van der Waals surface area (Å²) in [6, 6.07) is 9.82. The zero-order chi connectivity index (χ0) is 18.1. The van der Waals surface area contributed by atoms with Crippen LogP contribution < -0.4 is 5.32 Å². The molecule has 0 aliphatic carbocycles. The van der Waals surface area contributed by atoms with Crippen molar-refractivity contribution in [1.82, 2.24) is 10.4 Å². The second-order valence-corrected chi connectivity index (χ2v) is 7.89. The first-order chi connectivity index (χ1) is 11.1. The fourth-order valence-corrected chi connectivity index (χ4v) is 3.95. The lowest BCUT2D eigenvalue weighted by atomic mass is 9.72. The number of carbonyl (C=O) groups excluding carboxylic acids is 1. The molecule has 1 aromatic carbocycles. The van der Waals surface area contributed by atoms with Crippen LogP contribution in [0.5, 0.6) is 0 Å². The van der Waals surface area contributed by atoms with Crippen molar-refractivity contribution in [2.75, 3.05) is 7.11 Å². The third-order valence-electron chi connectivity index (χ3n) is 5.15. The van der Waals surface area contributed by atoms with Crippen LogP contribution in [0.25, 0.3) is 0 Å². The fourth-order valence-electron chi connectivity index (χ4n) is 3.95. The maximum atomic E-state index is 12.9. The highest BCUT2D eigenvalue weighted by Gasteiger charge is 2.54. The number of nitrogens with zero attached hydrogens (tertiary/aromatic N) is 1. The number of benzene rings is 1. The second kappa shape index (κ2) is 6.82. The number of hydrogen-bond acceptors (Lipinski definition) is 4. The molecular formula is C19H30N2O3. The van der Waals surface area contributed by atoms with Gasteiger partial charge in [0, 0.05) is 12.6 Å². The first-order valence-corrected chi connectivity index (χ1v) is 8.48. The number of piperidine rings is 1. The summed E-state index contributed by atoms with van der Waals surface area (Å²) in [5.41, 5.74) is -0.0942. The van der Waals surface area contributed by atoms with E-state index in [-0.39, 0.29) is 17.9 Å². The van der Waals surface area contributed by atoms with Crippen molar-refractivity contribution in [2.45, 2.75) is 64.3 Å². The standard InChI is InChI=1S/C19H30N2O3/c1-13(14-10-8-7-9-11-14)20-17(22)15-12-18(2,3)21(23)19(4,5)16(15)24-6/h7-11,13,15-16,23H,12H2,1-6H3,(H,20,22)/t13-,15-,16-/m0/s1. The number of hydroxylamine groups is 2. The summed E-state index contributed by atoms with van der Waals surface area (Å²) in [5.74, 6) is -0.359. The molecule has 1 aliphatic rings. The summed E-state index contributed by atoms with van der Waals surface area (Å²) < 4.78 is 5.63. The lowest BCUT2D eigenvalue weighted by Crippen LogP contribution is -2.68. The molecule has 0 spiro atoms. The van der Waals surface area contributed by atoms with Gasteiger partial charge in [0.05, 0.1) is 23.6 Å². The number of nitrogens with one attached hydrogen (secondary N) is 1. The van der Waals surface area contributed by atoms with Gasteiger partial charge in [0.2, 0.25) is 5.91 Å². The molecule has 1 fully saturated rings. The second-order valence-electron chi connectivity index (χ2n) is 7.89. The Labute approximate surface area is 145 Å². The van der Waals surface area contributed by atoms with E-state index >= 15 is 0 Å². The van der Waals surface area contributed by atoms with Crippen LogP contribution in [0.3, 0.4) is 0 Å². The van der Waals surface area contributed by atoms with Gasteiger partial charge in [-0.1, -0.05) is 30.3 Å². The third kappa shape index (κ3) is 3.48. The largest absolute Gasteiger partial charge is 0.379 e. The molecule has 2 rings (SSSR count). The molecular weight excluding hydrogens is 304 g/mol. The van der Waals surface area contributed by atoms with Gasteiger partial charge in [-0.3, -0.25) is 4.79 Å². The summed E-state index contributed by atoms with van der Waals surface area (Å²) in [6.45, 7) is 9.68. The molecule has 0 aromatic heterocycles. The smallest absolute Gasteiger partial charge is 0.226 e. The predicted octanol–water partition coefficient (Wildman–Crippen LogP) is 3.15. The van der Waals surface area contributed by atoms with Gasteiger partial charge >= 0.3 is 0 Å². The minimum atomic E-state index is -0.658. The molecule has 1 aliphatic heterocycles. The Morgan fingerprint density at radius 1 is 1.29 bits per heavy atom. The highest BCUT2D eigenvalue weighted by Crippen LogP contribution is 2.41. The van der Waals surface area contributed by atoms with Gasteiger partial charge in [-0.05, 0) is 46.6 Å². The van der Waals surface area contributed by atoms with Crippen LogP contribution in [0, 0.1) is 5.92 Å². The summed E-state index contributed by atoms with van der Waals surface area (Å²) in [4.78, 5) is 12.9. The SMILES string of the molecule is CO[C@H]1[C@@H](C(=O)N[C@@H](C)c2ccccc2)CC(C)(C)N(O)C1(C)C. The lowest BCUT2D eigenvalue weighted by Gasteiger charge is -2.54. The molecule has 1 heterocycles. The quantitative estimate of drug-likeness (QED) is 0.888. The van der Waals surface area contributed by atoms with Gasteiger partial charge in [0.25, 0.3) is 0 Å². The number of rotatable bonds is 4. The molecule has 134 valence electrons. The van der Waals surface area contributed by atoms with Crippen LogP contribution in [0.1, 0.15) is 52.6 Å². The summed E-state index contributed by atoms with van der Waals surface area (Å²) in [5, 5.41) is 15.0. The van der Waals surface area contributed by atoms with Crippen molar-refractivity contribution in [3.8, 4) is 0 Å². The maximum Gasteiger partial charge on any atom is 0.226 e. The molecule has 0 unspecified atom stereocenters. The summed E-state index contributed by atoms with van der Waals surface area (Å²) in [6.07, 6.45) is 0.136. The molecule has 1 aromatic rings. The molecule has 0 bridgehead atoms. The van der Waals surface area contributed by atoms with Gasteiger partial charge < -0.3 is 15.3 Å². The molecule has 3 atom stereocenters. The summed E-state index contributed by atoms with van der Waals surface area (Å²) >= 11 is 0. The Hall–Kier alpha value is -1.43. The van der Waals surface area contributed by atoms with Gasteiger partial charge in [-0.2, -0.15) is 5.06 Å². The minimum absolute atomic E-state index is 0.0348. The first kappa shape index (κ1) is 18.9. The Kier molecular flexibility index (Phi) is 5.37. The van der Waals surface area contributed by atoms with E-state index in [1.807, 2.05) is 65.0 Å². The first-order valence-electron chi connectivity index (χ1n) is 8.48. The fraction of sp³-hybridized carbons (Fsp3) is 0.632. The van der Waals surface area contributed by atoms with E-state index in [0.29, 0.717) is 6.42 Å². The van der Waals surface area contributed by atoms with Crippen molar-refractivity contribution >= 4 is 5.91 Å². The van der Waals surface area contributed by atoms with Gasteiger partial charge in [0.1, 0.15) is 0 Å². The van der Waals surface area contributed by atoms with E-state index in [9.17, 15) is 10.0 Å². The van der Waals surface area contributed by atoms with Crippen molar-refractivity contribution < 1.29 is 14.7 Å². The highest BCUT2D eigenvalue weighted by atomic mass is 16.5. The Morgan fingerprint density at radius 2 is 1.88 bits per heavy atom. The van der Waals surface area contributed by atoms with Crippen LogP contribution in [0.4, 0.5) is 0 Å². The van der Waals surface area contributed by atoms with Crippen LogP contribution >= 0.6 is 0 Å². The average molecular weight is 334 g/mol. The number of ether oxygens (including phenoxy) is 1. The molecule has 0 radical (unpaired) electrons. The Bertz CT molecular complexity index is 571. The van der Waals surface area contributed by atoms with Gasteiger partial charge in [0.15, 0.2) is 0 Å². The van der Waals surface area contributed by atoms with Crippen LogP contribution in [-0.4, -0.2) is 40.5 Å². The summed E-state index contributed by atoms with van der Waals surface area (Å²) in [7, 11) is 1.60. The van der Waals surface area contributed by atoms with E-state index in [1.165, 1.54) is 5.06 Å². The zero-order valence-electron chi connectivity index (χ0n) is 15.5. The molecule has 1 saturated heterocycles. The minimum Gasteiger partial charge on any atom is -0.379 e. The predicted molar refractivity (Wildman–Crippen MR) is 93.7 cm³/mol.